The topological polar surface area (TPSA) is 64.4 Å². The van der Waals surface area contributed by atoms with Gasteiger partial charge in [0.2, 0.25) is 0 Å². The van der Waals surface area contributed by atoms with E-state index in [9.17, 15) is 4.79 Å². The van der Waals surface area contributed by atoms with Crippen LogP contribution in [-0.2, 0) is 0 Å². The quantitative estimate of drug-likeness (QED) is 0.824. The van der Waals surface area contributed by atoms with Crippen molar-refractivity contribution in [2.75, 3.05) is 13.1 Å². The van der Waals surface area contributed by atoms with E-state index >= 15 is 0 Å². The maximum atomic E-state index is 10.9. The molecule has 1 aliphatic heterocycles. The highest BCUT2D eigenvalue weighted by Gasteiger charge is 2.25. The van der Waals surface area contributed by atoms with Crippen LogP contribution in [0.5, 0.6) is 0 Å². The number of nitrogens with zero attached hydrogens (tertiary/aromatic N) is 1. The molecular formula is C16H22N2O2. The van der Waals surface area contributed by atoms with Gasteiger partial charge in [0.05, 0.1) is 0 Å². The number of piperidine rings is 1. The number of hydrogen-bond donors (Lipinski definition) is 2. The first-order valence-electron chi connectivity index (χ1n) is 7.18. The third-order valence-electron chi connectivity index (χ3n) is 4.15. The highest BCUT2D eigenvalue weighted by molar-refractivity contribution is 5.84. The van der Waals surface area contributed by atoms with Crippen LogP contribution in [-0.4, -0.2) is 34.9 Å². The highest BCUT2D eigenvalue weighted by atomic mass is 16.4. The van der Waals surface area contributed by atoms with Gasteiger partial charge >= 0.3 is 6.09 Å². The Morgan fingerprint density at radius 1 is 1.35 bits per heavy atom. The van der Waals surface area contributed by atoms with E-state index in [-0.39, 0.29) is 5.92 Å². The molecule has 1 aromatic rings. The van der Waals surface area contributed by atoms with Crippen molar-refractivity contribution in [1.82, 2.24) is 4.90 Å². The van der Waals surface area contributed by atoms with Gasteiger partial charge in [-0.15, -0.1) is 0 Å². The van der Waals surface area contributed by atoms with Crippen LogP contribution in [0.3, 0.4) is 0 Å². The monoisotopic (exact) mass is 274 g/mol. The first-order valence-corrected chi connectivity index (χ1v) is 7.18. The van der Waals surface area contributed by atoms with Gasteiger partial charge in [0, 0.05) is 18.8 Å². The van der Waals surface area contributed by atoms with Crippen LogP contribution in [0.4, 0.5) is 4.79 Å². The normalized spacial score (nSPS) is 17.8. The maximum absolute atomic E-state index is 10.9. The van der Waals surface area contributed by atoms with E-state index in [1.165, 1.54) is 10.5 Å². The Morgan fingerprint density at radius 2 is 1.95 bits per heavy atom. The maximum Gasteiger partial charge on any atom is 0.407 e. The Balaban J connectivity index is 1.85. The molecule has 2 rings (SSSR count). The molecule has 2 N–H and O–H groups in total. The van der Waals surface area contributed by atoms with Crippen LogP contribution < -0.4 is 0 Å². The van der Waals surface area contributed by atoms with Gasteiger partial charge in [-0.25, -0.2) is 4.79 Å². The van der Waals surface area contributed by atoms with Gasteiger partial charge in [0.1, 0.15) is 0 Å². The van der Waals surface area contributed by atoms with E-state index in [0.717, 1.165) is 25.0 Å². The average Bonchev–Trinajstić information content (AvgIpc) is 2.48. The molecule has 20 heavy (non-hydrogen) atoms. The number of benzene rings is 1. The smallest absolute Gasteiger partial charge is 0.407 e. The van der Waals surface area contributed by atoms with E-state index < -0.39 is 6.09 Å². The molecule has 1 heterocycles. The van der Waals surface area contributed by atoms with Crippen molar-refractivity contribution in [3.63, 3.8) is 0 Å². The summed E-state index contributed by atoms with van der Waals surface area (Å²) in [6.45, 7) is 3.26. The number of likely N-dealkylation sites (tertiary alicyclic amines) is 1. The van der Waals surface area contributed by atoms with E-state index in [0.29, 0.717) is 19.0 Å². The number of rotatable bonds is 4. The van der Waals surface area contributed by atoms with Crippen molar-refractivity contribution >= 4 is 11.8 Å². The third-order valence-corrected chi connectivity index (χ3v) is 4.15. The lowest BCUT2D eigenvalue weighted by atomic mass is 9.85. The summed E-state index contributed by atoms with van der Waals surface area (Å²) >= 11 is 0. The summed E-state index contributed by atoms with van der Waals surface area (Å²) in [6.07, 6.45) is 1.49. The molecule has 0 aliphatic carbocycles. The first-order chi connectivity index (χ1) is 9.58. The van der Waals surface area contributed by atoms with Crippen molar-refractivity contribution in [1.29, 1.82) is 5.41 Å². The number of carboxylic acid groups (broad SMARTS) is 1. The molecular weight excluding hydrogens is 252 g/mol. The lowest BCUT2D eigenvalue weighted by Crippen LogP contribution is -2.39. The van der Waals surface area contributed by atoms with Gasteiger partial charge in [-0.3, -0.25) is 0 Å². The fraction of sp³-hybridized carbons (Fsp3) is 0.500. The van der Waals surface area contributed by atoms with Gasteiger partial charge in [-0.2, -0.15) is 0 Å². The van der Waals surface area contributed by atoms with E-state index in [1.54, 1.807) is 0 Å². The zero-order chi connectivity index (χ0) is 14.5. The van der Waals surface area contributed by atoms with Gasteiger partial charge in [-0.1, -0.05) is 37.3 Å². The predicted octanol–water partition coefficient (Wildman–Crippen LogP) is 3.59. The molecule has 0 bridgehead atoms. The van der Waals surface area contributed by atoms with Crippen LogP contribution in [0.15, 0.2) is 30.3 Å². The summed E-state index contributed by atoms with van der Waals surface area (Å²) in [5.41, 5.74) is 2.03. The average molecular weight is 274 g/mol. The molecule has 1 aromatic carbocycles. The molecule has 4 heteroatoms. The van der Waals surface area contributed by atoms with Gasteiger partial charge in [0.15, 0.2) is 0 Å². The number of nitrogens with one attached hydrogen (secondary N) is 1. The summed E-state index contributed by atoms with van der Waals surface area (Å²) in [5, 5.41) is 17.2. The molecule has 0 aromatic heterocycles. The highest BCUT2D eigenvalue weighted by Crippen LogP contribution is 2.25. The number of hydrogen-bond acceptors (Lipinski definition) is 2. The zero-order valence-corrected chi connectivity index (χ0v) is 11.9. The second-order valence-corrected chi connectivity index (χ2v) is 5.58. The van der Waals surface area contributed by atoms with E-state index in [2.05, 4.69) is 19.1 Å². The van der Waals surface area contributed by atoms with Crippen molar-refractivity contribution in [2.24, 2.45) is 5.92 Å². The Kier molecular flexibility index (Phi) is 4.77. The lowest BCUT2D eigenvalue weighted by molar-refractivity contribution is 0.131. The van der Waals surface area contributed by atoms with Crippen molar-refractivity contribution < 1.29 is 9.90 Å². The van der Waals surface area contributed by atoms with E-state index in [4.69, 9.17) is 10.5 Å². The fourth-order valence-electron chi connectivity index (χ4n) is 2.82. The lowest BCUT2D eigenvalue weighted by Gasteiger charge is -2.31. The summed E-state index contributed by atoms with van der Waals surface area (Å²) in [6, 6.07) is 10.3. The van der Waals surface area contributed by atoms with Gasteiger partial charge in [-0.05, 0) is 36.7 Å². The largest absolute Gasteiger partial charge is 0.465 e. The number of carbonyl (C=O) groups is 1. The Morgan fingerprint density at radius 3 is 2.50 bits per heavy atom. The Bertz CT molecular complexity index is 465. The van der Waals surface area contributed by atoms with E-state index in [1.807, 2.05) is 18.2 Å². The van der Waals surface area contributed by atoms with Crippen molar-refractivity contribution in [2.45, 2.75) is 32.1 Å². The predicted molar refractivity (Wildman–Crippen MR) is 79.5 cm³/mol. The van der Waals surface area contributed by atoms with Crippen LogP contribution in [0.1, 0.15) is 37.7 Å². The van der Waals surface area contributed by atoms with Crippen molar-refractivity contribution in [3.05, 3.63) is 35.9 Å². The summed E-state index contributed by atoms with van der Waals surface area (Å²) < 4.78 is 0. The number of amides is 1. The first kappa shape index (κ1) is 14.6. The fourth-order valence-corrected chi connectivity index (χ4v) is 2.82. The minimum atomic E-state index is -0.840. The molecule has 0 radical (unpaired) electrons. The molecule has 0 saturated carbocycles. The zero-order valence-electron chi connectivity index (χ0n) is 11.9. The second kappa shape index (κ2) is 6.55. The molecule has 1 saturated heterocycles. The molecule has 4 nitrogen and oxygen atoms in total. The molecule has 1 atom stereocenters. The van der Waals surface area contributed by atoms with Crippen LogP contribution in [0, 0.1) is 11.3 Å². The van der Waals surface area contributed by atoms with Gasteiger partial charge in [0.25, 0.3) is 0 Å². The molecule has 1 amide bonds. The summed E-state index contributed by atoms with van der Waals surface area (Å²) in [4.78, 5) is 12.3. The van der Waals surface area contributed by atoms with Crippen LogP contribution in [0.2, 0.25) is 0 Å². The van der Waals surface area contributed by atoms with Crippen LogP contribution >= 0.6 is 0 Å². The molecule has 1 aliphatic rings. The standard InChI is InChI=1S/C16H22N2O2/c1-12(13-5-3-2-4-6-13)11-15(17)14-7-9-18(10-8-14)16(19)20/h2-6,12,14,17H,7-11H2,1H3,(H,19,20). The minimum Gasteiger partial charge on any atom is -0.465 e. The SMILES string of the molecule is CC(CC(=N)C1CCN(C(=O)O)CC1)c1ccccc1. The summed E-state index contributed by atoms with van der Waals surface area (Å²) in [5.74, 6) is 0.595. The molecule has 0 spiro atoms. The Hall–Kier alpha value is -1.84. The van der Waals surface area contributed by atoms with Crippen molar-refractivity contribution in [3.8, 4) is 0 Å². The Labute approximate surface area is 119 Å². The molecule has 108 valence electrons. The second-order valence-electron chi connectivity index (χ2n) is 5.58. The molecule has 1 fully saturated rings. The van der Waals surface area contributed by atoms with Gasteiger partial charge < -0.3 is 15.4 Å². The minimum absolute atomic E-state index is 0.247. The summed E-state index contributed by atoms with van der Waals surface area (Å²) in [7, 11) is 0. The third kappa shape index (κ3) is 3.59. The molecule has 1 unspecified atom stereocenters. The van der Waals surface area contributed by atoms with Crippen LogP contribution in [0.25, 0.3) is 0 Å².